The summed E-state index contributed by atoms with van der Waals surface area (Å²) in [6, 6.07) is -2.13. The van der Waals surface area contributed by atoms with Gasteiger partial charge < -0.3 is 14.2 Å². The monoisotopic (exact) mass is 430 g/mol. The summed E-state index contributed by atoms with van der Waals surface area (Å²) in [4.78, 5) is 34.5. The third-order valence-electron chi connectivity index (χ3n) is 3.97. The minimum absolute atomic E-state index is 0.438. The highest BCUT2D eigenvalue weighted by atomic mass is 19.3. The number of likely N-dealkylation sites (tertiary alicyclic amines) is 1. The van der Waals surface area contributed by atoms with E-state index in [4.69, 9.17) is 4.74 Å². The Kier molecular flexibility index (Phi) is 7.86. The minimum atomic E-state index is -3.10. The minimum Gasteiger partial charge on any atom is -0.468 e. The van der Waals surface area contributed by atoms with E-state index in [-0.39, 0.29) is 0 Å². The molecule has 168 valence electrons. The molecule has 12 heteroatoms. The second-order valence-corrected chi connectivity index (χ2v) is 7.72. The number of rotatable bonds is 2. The summed E-state index contributed by atoms with van der Waals surface area (Å²) >= 11 is 0. The van der Waals surface area contributed by atoms with E-state index in [0.29, 0.717) is 0 Å². The number of esters is 2. The molecule has 2 rings (SSSR count). The van der Waals surface area contributed by atoms with E-state index in [0.717, 1.165) is 12.0 Å². The molecule has 0 unspecified atom stereocenters. The van der Waals surface area contributed by atoms with Crippen molar-refractivity contribution in [2.24, 2.45) is 0 Å². The number of methoxy groups -OCH3 is 2. The van der Waals surface area contributed by atoms with Crippen LogP contribution < -0.4 is 5.32 Å². The predicted molar refractivity (Wildman–Crippen MR) is 91.7 cm³/mol. The van der Waals surface area contributed by atoms with Crippen LogP contribution in [-0.2, 0) is 23.8 Å². The van der Waals surface area contributed by atoms with E-state index in [1.165, 1.54) is 7.11 Å². The fourth-order valence-electron chi connectivity index (χ4n) is 2.70. The SMILES string of the molecule is COC(=O)[C@@H]1CC(F)(F)CN1.COC(=O)[C@@H]1CC(F)(F)CN1C(=O)OC(C)(C)C. The van der Waals surface area contributed by atoms with E-state index in [1.54, 1.807) is 20.8 Å². The topological polar surface area (TPSA) is 94.2 Å². The van der Waals surface area contributed by atoms with Gasteiger partial charge in [0.25, 0.3) is 11.8 Å². The van der Waals surface area contributed by atoms with Crippen molar-refractivity contribution in [3.05, 3.63) is 0 Å². The number of amides is 1. The summed E-state index contributed by atoms with van der Waals surface area (Å²) in [5, 5.41) is 2.37. The number of ether oxygens (including phenoxy) is 3. The number of nitrogens with zero attached hydrogens (tertiary/aromatic N) is 1. The first-order valence-electron chi connectivity index (χ1n) is 8.75. The van der Waals surface area contributed by atoms with Gasteiger partial charge in [-0.25, -0.2) is 27.2 Å². The number of carbonyl (C=O) groups excluding carboxylic acids is 3. The third-order valence-corrected chi connectivity index (χ3v) is 3.97. The van der Waals surface area contributed by atoms with Gasteiger partial charge in [-0.05, 0) is 20.8 Å². The van der Waals surface area contributed by atoms with E-state index in [9.17, 15) is 31.9 Å². The number of carbonyl (C=O) groups is 3. The molecule has 0 saturated carbocycles. The van der Waals surface area contributed by atoms with Crippen LogP contribution in [0.2, 0.25) is 0 Å². The lowest BCUT2D eigenvalue weighted by Crippen LogP contribution is -2.44. The highest BCUT2D eigenvalue weighted by molar-refractivity contribution is 5.82. The van der Waals surface area contributed by atoms with Crippen LogP contribution in [0.5, 0.6) is 0 Å². The third kappa shape index (κ3) is 7.67. The van der Waals surface area contributed by atoms with E-state index in [2.05, 4.69) is 14.8 Å². The molecule has 0 aromatic carbocycles. The number of halogens is 4. The molecule has 2 aliphatic rings. The van der Waals surface area contributed by atoms with Gasteiger partial charge in [0.15, 0.2) is 0 Å². The summed E-state index contributed by atoms with van der Waals surface area (Å²) in [5.74, 6) is -7.35. The van der Waals surface area contributed by atoms with Gasteiger partial charge in [-0.3, -0.25) is 15.0 Å². The zero-order valence-electron chi connectivity index (χ0n) is 16.9. The second kappa shape index (κ2) is 9.14. The van der Waals surface area contributed by atoms with Gasteiger partial charge in [0.2, 0.25) is 0 Å². The molecule has 2 atom stereocenters. The molecule has 0 spiro atoms. The summed E-state index contributed by atoms with van der Waals surface area (Å²) in [7, 11) is 2.27. The Morgan fingerprint density at radius 3 is 1.93 bits per heavy atom. The molecule has 8 nitrogen and oxygen atoms in total. The zero-order chi connectivity index (χ0) is 22.6. The second-order valence-electron chi connectivity index (χ2n) is 7.72. The maximum Gasteiger partial charge on any atom is 0.411 e. The van der Waals surface area contributed by atoms with Gasteiger partial charge in [0, 0.05) is 12.8 Å². The summed E-state index contributed by atoms with van der Waals surface area (Å²) < 4.78 is 65.1. The normalized spacial score (nSPS) is 24.9. The van der Waals surface area contributed by atoms with Crippen LogP contribution in [0.3, 0.4) is 0 Å². The molecule has 0 aromatic heterocycles. The Balaban J connectivity index is 0.000000326. The van der Waals surface area contributed by atoms with E-state index < -0.39 is 73.5 Å². The Bertz CT molecular complexity index is 624. The Labute approximate surface area is 165 Å². The van der Waals surface area contributed by atoms with Crippen LogP contribution >= 0.6 is 0 Å². The number of nitrogens with one attached hydrogen (secondary N) is 1. The van der Waals surface area contributed by atoms with Gasteiger partial charge in [0.05, 0.1) is 27.3 Å². The van der Waals surface area contributed by atoms with Crippen molar-refractivity contribution in [3.63, 3.8) is 0 Å². The molecule has 2 heterocycles. The molecule has 0 radical (unpaired) electrons. The highest BCUT2D eigenvalue weighted by Gasteiger charge is 2.51. The molecule has 0 aliphatic carbocycles. The largest absolute Gasteiger partial charge is 0.468 e. The predicted octanol–water partition coefficient (Wildman–Crippen LogP) is 1.96. The highest BCUT2D eigenvalue weighted by Crippen LogP contribution is 2.33. The van der Waals surface area contributed by atoms with Crippen LogP contribution in [-0.4, -0.2) is 79.8 Å². The standard InChI is InChI=1S/C11H17F2NO4.C6H9F2NO2/c1-10(2,3)18-9(16)14-6-11(12,13)5-7(14)8(15)17-4;1-11-5(10)4-2-6(7,8)3-9-4/h7H,5-6H2,1-4H3;4,9H,2-3H2,1H3/t7-;4-/m00/s1. The van der Waals surface area contributed by atoms with Crippen LogP contribution in [0, 0.1) is 0 Å². The average Bonchev–Trinajstić information content (AvgIpc) is 3.11. The molecule has 2 fully saturated rings. The average molecular weight is 430 g/mol. The van der Waals surface area contributed by atoms with Crippen molar-refractivity contribution in [1.29, 1.82) is 0 Å². The Morgan fingerprint density at radius 1 is 0.966 bits per heavy atom. The Hall–Kier alpha value is -2.11. The molecular weight excluding hydrogens is 404 g/mol. The van der Waals surface area contributed by atoms with Gasteiger partial charge >= 0.3 is 18.0 Å². The molecule has 29 heavy (non-hydrogen) atoms. The number of hydrogen-bond acceptors (Lipinski definition) is 7. The molecule has 0 aromatic rings. The van der Waals surface area contributed by atoms with Gasteiger partial charge in [0.1, 0.15) is 17.7 Å². The van der Waals surface area contributed by atoms with Crippen molar-refractivity contribution in [2.45, 2.75) is 63.1 Å². The maximum atomic E-state index is 13.3. The summed E-state index contributed by atoms with van der Waals surface area (Å²) in [6.07, 6.45) is -2.13. The van der Waals surface area contributed by atoms with Gasteiger partial charge in [-0.1, -0.05) is 0 Å². The first-order chi connectivity index (χ1) is 13.1. The lowest BCUT2D eigenvalue weighted by atomic mass is 10.2. The molecule has 1 amide bonds. The van der Waals surface area contributed by atoms with E-state index in [1.807, 2.05) is 0 Å². The lowest BCUT2D eigenvalue weighted by molar-refractivity contribution is -0.146. The maximum absolute atomic E-state index is 13.3. The molecule has 2 saturated heterocycles. The summed E-state index contributed by atoms with van der Waals surface area (Å²) in [5.41, 5.74) is -0.810. The number of alkyl halides is 4. The van der Waals surface area contributed by atoms with Crippen LogP contribution in [0.1, 0.15) is 33.6 Å². The smallest absolute Gasteiger partial charge is 0.411 e. The van der Waals surface area contributed by atoms with Crippen molar-refractivity contribution in [2.75, 3.05) is 27.3 Å². The van der Waals surface area contributed by atoms with Crippen LogP contribution in [0.4, 0.5) is 22.4 Å². The lowest BCUT2D eigenvalue weighted by Gasteiger charge is -2.26. The van der Waals surface area contributed by atoms with Crippen LogP contribution in [0.15, 0.2) is 0 Å². The summed E-state index contributed by atoms with van der Waals surface area (Å²) in [6.45, 7) is 3.58. The molecular formula is C17H26F4N2O6. The van der Waals surface area contributed by atoms with Crippen molar-refractivity contribution in [1.82, 2.24) is 10.2 Å². The zero-order valence-corrected chi connectivity index (χ0v) is 16.9. The molecule has 1 N–H and O–H groups in total. The number of hydrogen-bond donors (Lipinski definition) is 1. The van der Waals surface area contributed by atoms with Crippen molar-refractivity contribution in [3.8, 4) is 0 Å². The first kappa shape index (κ1) is 24.9. The quantitative estimate of drug-likeness (QED) is 0.407. The van der Waals surface area contributed by atoms with Crippen molar-refractivity contribution < 1.29 is 46.2 Å². The van der Waals surface area contributed by atoms with Gasteiger partial charge in [-0.2, -0.15) is 0 Å². The fourth-order valence-corrected chi connectivity index (χ4v) is 2.70. The van der Waals surface area contributed by atoms with Gasteiger partial charge in [-0.15, -0.1) is 0 Å². The molecule has 2 aliphatic heterocycles. The fraction of sp³-hybridized carbons (Fsp3) is 0.824. The Morgan fingerprint density at radius 2 is 1.52 bits per heavy atom. The molecule has 0 bridgehead atoms. The van der Waals surface area contributed by atoms with E-state index >= 15 is 0 Å². The van der Waals surface area contributed by atoms with Crippen molar-refractivity contribution >= 4 is 18.0 Å². The van der Waals surface area contributed by atoms with Crippen LogP contribution in [0.25, 0.3) is 0 Å². The first-order valence-corrected chi connectivity index (χ1v) is 8.75.